The van der Waals surface area contributed by atoms with Crippen molar-refractivity contribution in [1.29, 1.82) is 0 Å². The highest BCUT2D eigenvalue weighted by molar-refractivity contribution is 6.30. The molecule has 4 rings (SSSR count). The van der Waals surface area contributed by atoms with E-state index in [2.05, 4.69) is 17.2 Å². The second-order valence-electron chi connectivity index (χ2n) is 7.41. The maximum atomic E-state index is 12.6. The van der Waals surface area contributed by atoms with E-state index in [1.165, 1.54) is 0 Å². The molecule has 0 aliphatic heterocycles. The molecular weight excluding hydrogens is 412 g/mol. The Morgan fingerprint density at radius 2 is 1.84 bits per heavy atom. The quantitative estimate of drug-likeness (QED) is 0.360. The first-order valence-electron chi connectivity index (χ1n) is 10.2. The number of oxazole rings is 1. The molecule has 0 bridgehead atoms. The van der Waals surface area contributed by atoms with Gasteiger partial charge in [0.05, 0.1) is 6.10 Å². The molecule has 0 saturated heterocycles. The van der Waals surface area contributed by atoms with Crippen molar-refractivity contribution in [2.24, 2.45) is 0 Å². The first kappa shape index (κ1) is 20.9. The van der Waals surface area contributed by atoms with Gasteiger partial charge in [-0.1, -0.05) is 30.7 Å². The van der Waals surface area contributed by atoms with Crippen molar-refractivity contribution in [2.45, 2.75) is 32.8 Å². The SMILES string of the molecule is CCC(C)Oc1ccc(C(=O)Nc2ccc3oc(Cc4ccc(Cl)cc4)nc3c2)cc1. The van der Waals surface area contributed by atoms with E-state index in [0.717, 1.165) is 17.7 Å². The summed E-state index contributed by atoms with van der Waals surface area (Å²) >= 11 is 5.94. The molecule has 6 heteroatoms. The first-order chi connectivity index (χ1) is 15.0. The average molecular weight is 435 g/mol. The van der Waals surface area contributed by atoms with Crippen LogP contribution >= 0.6 is 11.6 Å². The summed E-state index contributed by atoms with van der Waals surface area (Å²) in [6.45, 7) is 4.08. The fraction of sp³-hybridized carbons (Fsp3) is 0.200. The molecule has 31 heavy (non-hydrogen) atoms. The number of benzene rings is 3. The Kier molecular flexibility index (Phi) is 6.23. The molecule has 0 aliphatic rings. The van der Waals surface area contributed by atoms with Gasteiger partial charge >= 0.3 is 0 Å². The Labute approximate surface area is 186 Å². The lowest BCUT2D eigenvalue weighted by atomic mass is 10.1. The predicted molar refractivity (Wildman–Crippen MR) is 123 cm³/mol. The second kappa shape index (κ2) is 9.23. The maximum Gasteiger partial charge on any atom is 0.255 e. The van der Waals surface area contributed by atoms with Crippen molar-refractivity contribution in [3.8, 4) is 5.75 Å². The van der Waals surface area contributed by atoms with Gasteiger partial charge in [-0.15, -0.1) is 0 Å². The Morgan fingerprint density at radius 3 is 2.55 bits per heavy atom. The zero-order valence-corrected chi connectivity index (χ0v) is 18.1. The molecular formula is C25H23ClN2O3. The van der Waals surface area contributed by atoms with Crippen molar-refractivity contribution in [2.75, 3.05) is 5.32 Å². The van der Waals surface area contributed by atoms with Gasteiger partial charge in [-0.3, -0.25) is 4.79 Å². The summed E-state index contributed by atoms with van der Waals surface area (Å²) in [6, 6.07) is 20.1. The van der Waals surface area contributed by atoms with Crippen molar-refractivity contribution in [1.82, 2.24) is 4.98 Å². The van der Waals surface area contributed by atoms with Crippen LogP contribution < -0.4 is 10.1 Å². The van der Waals surface area contributed by atoms with Crippen LogP contribution in [0, 0.1) is 0 Å². The number of halogens is 1. The van der Waals surface area contributed by atoms with Crippen LogP contribution in [0.4, 0.5) is 5.69 Å². The molecule has 0 fully saturated rings. The maximum absolute atomic E-state index is 12.6. The van der Waals surface area contributed by atoms with Crippen LogP contribution in [0.2, 0.25) is 5.02 Å². The summed E-state index contributed by atoms with van der Waals surface area (Å²) < 4.78 is 11.6. The number of amides is 1. The second-order valence-corrected chi connectivity index (χ2v) is 7.85. The van der Waals surface area contributed by atoms with E-state index in [4.69, 9.17) is 20.8 Å². The van der Waals surface area contributed by atoms with Crippen LogP contribution in [0.15, 0.2) is 71.1 Å². The summed E-state index contributed by atoms with van der Waals surface area (Å²) in [5.41, 5.74) is 3.64. The van der Waals surface area contributed by atoms with Gasteiger partial charge in [0.15, 0.2) is 11.5 Å². The minimum Gasteiger partial charge on any atom is -0.491 e. The monoisotopic (exact) mass is 434 g/mol. The molecule has 1 amide bonds. The van der Waals surface area contributed by atoms with Gasteiger partial charge < -0.3 is 14.5 Å². The molecule has 158 valence electrons. The largest absolute Gasteiger partial charge is 0.491 e. The normalized spacial score (nSPS) is 12.0. The number of anilines is 1. The molecule has 1 N–H and O–H groups in total. The highest BCUT2D eigenvalue weighted by atomic mass is 35.5. The number of nitrogens with one attached hydrogen (secondary N) is 1. The first-order valence-corrected chi connectivity index (χ1v) is 10.6. The van der Waals surface area contributed by atoms with Crippen LogP contribution in [-0.2, 0) is 6.42 Å². The van der Waals surface area contributed by atoms with Gasteiger partial charge in [0.25, 0.3) is 5.91 Å². The molecule has 0 spiro atoms. The Morgan fingerprint density at radius 1 is 1.10 bits per heavy atom. The molecule has 4 aromatic rings. The van der Waals surface area contributed by atoms with E-state index >= 15 is 0 Å². The van der Waals surface area contributed by atoms with Crippen LogP contribution in [0.5, 0.6) is 5.75 Å². The number of aromatic nitrogens is 1. The average Bonchev–Trinajstić information content (AvgIpc) is 3.17. The highest BCUT2D eigenvalue weighted by Crippen LogP contribution is 2.23. The number of hydrogen-bond donors (Lipinski definition) is 1. The third-order valence-electron chi connectivity index (χ3n) is 4.99. The molecule has 0 aliphatic carbocycles. The lowest BCUT2D eigenvalue weighted by Gasteiger charge is -2.12. The Balaban J connectivity index is 1.44. The van der Waals surface area contributed by atoms with E-state index in [9.17, 15) is 4.79 Å². The van der Waals surface area contributed by atoms with Crippen LogP contribution in [0.3, 0.4) is 0 Å². The lowest BCUT2D eigenvalue weighted by Crippen LogP contribution is -2.12. The molecule has 0 radical (unpaired) electrons. The van der Waals surface area contributed by atoms with E-state index < -0.39 is 0 Å². The Bertz CT molecular complexity index is 1180. The standard InChI is InChI=1S/C25H23ClN2O3/c1-3-16(2)30-21-11-6-18(7-12-21)25(29)27-20-10-13-23-22(15-20)28-24(31-23)14-17-4-8-19(26)9-5-17/h4-13,15-16H,3,14H2,1-2H3,(H,27,29). The van der Waals surface area contributed by atoms with Gasteiger partial charge in [0.2, 0.25) is 0 Å². The summed E-state index contributed by atoms with van der Waals surface area (Å²) in [7, 11) is 0. The number of fused-ring (bicyclic) bond motifs is 1. The van der Waals surface area contributed by atoms with E-state index in [1.807, 2.05) is 55.5 Å². The molecule has 1 unspecified atom stereocenters. The number of rotatable bonds is 7. The molecule has 1 heterocycles. The van der Waals surface area contributed by atoms with Gasteiger partial charge in [-0.05, 0) is 73.5 Å². The highest BCUT2D eigenvalue weighted by Gasteiger charge is 2.11. The van der Waals surface area contributed by atoms with E-state index in [-0.39, 0.29) is 12.0 Å². The number of carbonyl (C=O) groups excluding carboxylic acids is 1. The van der Waals surface area contributed by atoms with Crippen molar-refractivity contribution < 1.29 is 13.9 Å². The molecule has 3 aromatic carbocycles. The fourth-order valence-electron chi connectivity index (χ4n) is 3.11. The zero-order valence-electron chi connectivity index (χ0n) is 17.4. The lowest BCUT2D eigenvalue weighted by molar-refractivity contribution is 0.102. The molecule has 1 atom stereocenters. The van der Waals surface area contributed by atoms with E-state index in [1.54, 1.807) is 18.2 Å². The van der Waals surface area contributed by atoms with Gasteiger partial charge in [0, 0.05) is 22.7 Å². The summed E-state index contributed by atoms with van der Waals surface area (Å²) in [6.07, 6.45) is 1.63. The summed E-state index contributed by atoms with van der Waals surface area (Å²) in [5.74, 6) is 1.17. The fourth-order valence-corrected chi connectivity index (χ4v) is 3.24. The molecule has 0 saturated carbocycles. The molecule has 5 nitrogen and oxygen atoms in total. The third-order valence-corrected chi connectivity index (χ3v) is 5.24. The number of ether oxygens (including phenoxy) is 1. The topological polar surface area (TPSA) is 64.4 Å². The van der Waals surface area contributed by atoms with E-state index in [0.29, 0.717) is 39.7 Å². The molecule has 1 aromatic heterocycles. The smallest absolute Gasteiger partial charge is 0.255 e. The summed E-state index contributed by atoms with van der Waals surface area (Å²) in [4.78, 5) is 17.2. The van der Waals surface area contributed by atoms with Crippen molar-refractivity contribution >= 4 is 34.3 Å². The van der Waals surface area contributed by atoms with Gasteiger partial charge in [0.1, 0.15) is 11.3 Å². The van der Waals surface area contributed by atoms with Crippen molar-refractivity contribution in [3.63, 3.8) is 0 Å². The number of nitrogens with zero attached hydrogens (tertiary/aromatic N) is 1. The number of carbonyl (C=O) groups is 1. The van der Waals surface area contributed by atoms with Gasteiger partial charge in [-0.25, -0.2) is 4.98 Å². The van der Waals surface area contributed by atoms with Crippen LogP contribution in [0.25, 0.3) is 11.1 Å². The summed E-state index contributed by atoms with van der Waals surface area (Å²) in [5, 5.41) is 3.60. The van der Waals surface area contributed by atoms with Gasteiger partial charge in [-0.2, -0.15) is 0 Å². The third kappa shape index (κ3) is 5.25. The predicted octanol–water partition coefficient (Wildman–Crippen LogP) is 6.50. The zero-order chi connectivity index (χ0) is 21.8. The minimum atomic E-state index is -0.195. The van der Waals surface area contributed by atoms with Crippen LogP contribution in [0.1, 0.15) is 42.1 Å². The number of hydrogen-bond acceptors (Lipinski definition) is 4. The Hall–Kier alpha value is -3.31. The minimum absolute atomic E-state index is 0.137. The van der Waals surface area contributed by atoms with Crippen molar-refractivity contribution in [3.05, 3.63) is 88.8 Å². The van der Waals surface area contributed by atoms with Crippen LogP contribution in [-0.4, -0.2) is 17.0 Å².